The van der Waals surface area contributed by atoms with E-state index in [1.165, 1.54) is 94.6 Å². The van der Waals surface area contributed by atoms with Crippen LogP contribution in [-0.2, 0) is 11.8 Å². The molecule has 29 heavy (non-hydrogen) atoms. The molecule has 1 aromatic carbocycles. The van der Waals surface area contributed by atoms with E-state index in [-0.39, 0.29) is 5.41 Å². The third-order valence-corrected chi connectivity index (χ3v) is 8.31. The van der Waals surface area contributed by atoms with Crippen LogP contribution in [0.25, 0.3) is 0 Å². The van der Waals surface area contributed by atoms with Crippen molar-refractivity contribution < 1.29 is 0 Å². The Kier molecular flexibility index (Phi) is 8.65. The van der Waals surface area contributed by atoms with E-state index < -0.39 is 0 Å². The van der Waals surface area contributed by atoms with Gasteiger partial charge in [-0.15, -0.1) is 0 Å². The quantitative estimate of drug-likeness (QED) is 0.386. The molecule has 0 atom stereocenters. The molecule has 0 spiro atoms. The molecule has 0 radical (unpaired) electrons. The normalized spacial score (nSPS) is 30.0. The number of nitriles is 1. The van der Waals surface area contributed by atoms with Gasteiger partial charge < -0.3 is 0 Å². The molecule has 0 amide bonds. The number of benzene rings is 1. The first-order valence-electron chi connectivity index (χ1n) is 12.7. The Labute approximate surface area is 180 Å². The number of hydrogen-bond acceptors (Lipinski definition) is 1. The Balaban J connectivity index is 1.51. The van der Waals surface area contributed by atoms with Gasteiger partial charge in [-0.2, -0.15) is 5.26 Å². The maximum Gasteiger partial charge on any atom is 0.0822 e. The third kappa shape index (κ3) is 5.87. The largest absolute Gasteiger partial charge is 0.197 e. The van der Waals surface area contributed by atoms with E-state index in [9.17, 15) is 5.26 Å². The van der Waals surface area contributed by atoms with Crippen molar-refractivity contribution >= 4 is 0 Å². The van der Waals surface area contributed by atoms with Gasteiger partial charge in [0, 0.05) is 0 Å². The van der Waals surface area contributed by atoms with Crippen LogP contribution in [0, 0.1) is 29.1 Å². The van der Waals surface area contributed by atoms with E-state index in [0.29, 0.717) is 0 Å². The van der Waals surface area contributed by atoms with Crippen LogP contribution in [0.5, 0.6) is 0 Å². The topological polar surface area (TPSA) is 23.8 Å². The average Bonchev–Trinajstić information content (AvgIpc) is 2.79. The van der Waals surface area contributed by atoms with Gasteiger partial charge in [0.2, 0.25) is 0 Å². The summed E-state index contributed by atoms with van der Waals surface area (Å²) in [5, 5.41) is 10.1. The first-order chi connectivity index (χ1) is 14.2. The highest BCUT2D eigenvalue weighted by Gasteiger charge is 2.39. The average molecular weight is 394 g/mol. The van der Waals surface area contributed by atoms with Gasteiger partial charge in [0.1, 0.15) is 0 Å². The molecule has 0 aromatic heterocycles. The van der Waals surface area contributed by atoms with Gasteiger partial charge >= 0.3 is 0 Å². The lowest BCUT2D eigenvalue weighted by atomic mass is 9.63. The Bertz CT molecular complexity index is 621. The van der Waals surface area contributed by atoms with Gasteiger partial charge in [-0.25, -0.2) is 0 Å². The summed E-state index contributed by atoms with van der Waals surface area (Å²) in [6, 6.07) is 11.9. The third-order valence-electron chi connectivity index (χ3n) is 8.31. The van der Waals surface area contributed by atoms with Gasteiger partial charge in [0.05, 0.1) is 11.5 Å². The summed E-state index contributed by atoms with van der Waals surface area (Å²) in [5.41, 5.74) is 2.50. The van der Waals surface area contributed by atoms with Crippen molar-refractivity contribution in [2.24, 2.45) is 17.8 Å². The zero-order valence-corrected chi connectivity index (χ0v) is 19.1. The van der Waals surface area contributed by atoms with Crippen molar-refractivity contribution in [2.45, 2.75) is 116 Å². The molecule has 1 nitrogen and oxygen atoms in total. The number of unbranched alkanes of at least 4 members (excludes halogenated alkanes) is 4. The van der Waals surface area contributed by atoms with Crippen LogP contribution in [0.1, 0.15) is 115 Å². The van der Waals surface area contributed by atoms with Gasteiger partial charge in [-0.1, -0.05) is 83.1 Å². The zero-order valence-electron chi connectivity index (χ0n) is 19.1. The maximum absolute atomic E-state index is 10.1. The molecule has 2 fully saturated rings. The second-order valence-electron chi connectivity index (χ2n) is 10.1. The number of nitrogens with zero attached hydrogens (tertiary/aromatic N) is 1. The molecule has 1 heteroatoms. The standard InChI is InChI=1S/C28H43N/c1-3-5-6-7-8-9-24-12-16-27(17-13-24)28(22-29)20-18-26(19-21-28)25-14-10-23(4-2)11-15-25/h12-13,16-17,23,25-26H,3-11,14-15,18-21H2,1-2H3. The summed E-state index contributed by atoms with van der Waals surface area (Å²) < 4.78 is 0. The molecular formula is C28H43N. The fourth-order valence-corrected chi connectivity index (χ4v) is 6.06. The minimum absolute atomic E-state index is 0.225. The molecule has 0 unspecified atom stereocenters. The lowest BCUT2D eigenvalue weighted by molar-refractivity contribution is 0.146. The van der Waals surface area contributed by atoms with Crippen LogP contribution in [0.15, 0.2) is 24.3 Å². The van der Waals surface area contributed by atoms with Crippen molar-refractivity contribution in [1.82, 2.24) is 0 Å². The van der Waals surface area contributed by atoms with Crippen LogP contribution >= 0.6 is 0 Å². The minimum atomic E-state index is -0.225. The van der Waals surface area contributed by atoms with Crippen molar-refractivity contribution in [2.75, 3.05) is 0 Å². The van der Waals surface area contributed by atoms with E-state index in [0.717, 1.165) is 30.6 Å². The Morgan fingerprint density at radius 1 is 0.828 bits per heavy atom. The van der Waals surface area contributed by atoms with E-state index in [1.807, 2.05) is 0 Å². The monoisotopic (exact) mass is 393 g/mol. The second kappa shape index (κ2) is 11.2. The molecule has 2 aliphatic carbocycles. The van der Waals surface area contributed by atoms with Crippen molar-refractivity contribution in [3.8, 4) is 6.07 Å². The predicted molar refractivity (Wildman–Crippen MR) is 124 cm³/mol. The van der Waals surface area contributed by atoms with Crippen LogP contribution in [0.4, 0.5) is 0 Å². The molecule has 0 heterocycles. The summed E-state index contributed by atoms with van der Waals surface area (Å²) in [6.07, 6.45) is 19.7. The molecule has 3 rings (SSSR count). The summed E-state index contributed by atoms with van der Waals surface area (Å²) in [6.45, 7) is 4.62. The second-order valence-corrected chi connectivity index (χ2v) is 10.1. The summed E-state index contributed by atoms with van der Waals surface area (Å²) in [5.74, 6) is 2.79. The zero-order chi connectivity index (χ0) is 20.5. The maximum atomic E-state index is 10.1. The summed E-state index contributed by atoms with van der Waals surface area (Å²) in [4.78, 5) is 0. The smallest absolute Gasteiger partial charge is 0.0822 e. The molecule has 1 aromatic rings. The number of aryl methyl sites for hydroxylation is 1. The highest BCUT2D eigenvalue weighted by molar-refractivity contribution is 5.35. The summed E-state index contributed by atoms with van der Waals surface area (Å²) >= 11 is 0. The minimum Gasteiger partial charge on any atom is -0.197 e. The van der Waals surface area contributed by atoms with Gasteiger partial charge in [-0.05, 0) is 80.2 Å². The number of hydrogen-bond donors (Lipinski definition) is 0. The highest BCUT2D eigenvalue weighted by atomic mass is 14.5. The fraction of sp³-hybridized carbons (Fsp3) is 0.750. The van der Waals surface area contributed by atoms with Gasteiger partial charge in [-0.3, -0.25) is 0 Å². The fourth-order valence-electron chi connectivity index (χ4n) is 6.06. The molecule has 0 N–H and O–H groups in total. The first kappa shape index (κ1) is 22.4. The molecule has 2 aliphatic rings. The van der Waals surface area contributed by atoms with Crippen molar-refractivity contribution in [3.63, 3.8) is 0 Å². The van der Waals surface area contributed by atoms with E-state index >= 15 is 0 Å². The van der Waals surface area contributed by atoms with Crippen molar-refractivity contribution in [1.29, 1.82) is 5.26 Å². The van der Waals surface area contributed by atoms with Crippen LogP contribution < -0.4 is 0 Å². The Hall–Kier alpha value is -1.29. The number of rotatable bonds is 9. The Morgan fingerprint density at radius 2 is 1.45 bits per heavy atom. The molecule has 0 saturated heterocycles. The molecular weight excluding hydrogens is 350 g/mol. The van der Waals surface area contributed by atoms with E-state index in [2.05, 4.69) is 44.2 Å². The first-order valence-corrected chi connectivity index (χ1v) is 12.7. The molecule has 0 aliphatic heterocycles. The van der Waals surface area contributed by atoms with Gasteiger partial charge in [0.15, 0.2) is 0 Å². The summed E-state index contributed by atoms with van der Waals surface area (Å²) in [7, 11) is 0. The lowest BCUT2D eigenvalue weighted by Crippen LogP contribution is -2.33. The van der Waals surface area contributed by atoms with Gasteiger partial charge in [0.25, 0.3) is 0 Å². The highest BCUT2D eigenvalue weighted by Crippen LogP contribution is 2.47. The van der Waals surface area contributed by atoms with Crippen LogP contribution in [0.2, 0.25) is 0 Å². The van der Waals surface area contributed by atoms with E-state index in [4.69, 9.17) is 0 Å². The van der Waals surface area contributed by atoms with Crippen molar-refractivity contribution in [3.05, 3.63) is 35.4 Å². The van der Waals surface area contributed by atoms with Crippen LogP contribution in [0.3, 0.4) is 0 Å². The SMILES string of the molecule is CCCCCCCc1ccc(C2(C#N)CCC(C3CCC(CC)CC3)CC2)cc1. The van der Waals surface area contributed by atoms with E-state index in [1.54, 1.807) is 0 Å². The molecule has 160 valence electrons. The Morgan fingerprint density at radius 3 is 2.03 bits per heavy atom. The lowest BCUT2D eigenvalue weighted by Gasteiger charge is -2.41. The van der Waals surface area contributed by atoms with Crippen LogP contribution in [-0.4, -0.2) is 0 Å². The molecule has 2 saturated carbocycles. The predicted octanol–water partition coefficient (Wildman–Crippen LogP) is 8.37. The molecule has 0 bridgehead atoms.